The number of aromatic nitrogens is 2. The van der Waals surface area contributed by atoms with Crippen molar-refractivity contribution >= 4 is 11.6 Å². The molecule has 0 amide bonds. The Kier molecular flexibility index (Phi) is 4.39. The average molecular weight is 264 g/mol. The molecule has 0 N–H and O–H groups in total. The number of hydrogen-bond donors (Lipinski definition) is 0. The van der Waals surface area contributed by atoms with Crippen LogP contribution in [0.4, 0.5) is 0 Å². The highest BCUT2D eigenvalue weighted by Gasteiger charge is 2.06. The Morgan fingerprint density at radius 1 is 1.28 bits per heavy atom. The lowest BCUT2D eigenvalue weighted by atomic mass is 10.2. The molecule has 4 heteroatoms. The monoisotopic (exact) mass is 263 g/mol. The Hall–Kier alpha value is -1.32. The Labute approximate surface area is 113 Å². The number of aryl methyl sites for hydroxylation is 1. The highest BCUT2D eigenvalue weighted by Crippen LogP contribution is 2.17. The third-order valence-electron chi connectivity index (χ3n) is 2.86. The number of nitrogens with zero attached hydrogens (tertiary/aromatic N) is 3. The van der Waals surface area contributed by atoms with E-state index in [0.717, 1.165) is 30.2 Å². The Morgan fingerprint density at radius 3 is 2.72 bits per heavy atom. The van der Waals surface area contributed by atoms with Gasteiger partial charge in [0, 0.05) is 36.4 Å². The van der Waals surface area contributed by atoms with E-state index in [0.29, 0.717) is 0 Å². The molecule has 1 heterocycles. The van der Waals surface area contributed by atoms with Gasteiger partial charge in [-0.3, -0.25) is 9.58 Å². The SMILES string of the molecule is CCn1cc(CN(C)Cc2ccccc2Cl)cn1. The fraction of sp³-hybridized carbons (Fsp3) is 0.357. The van der Waals surface area contributed by atoms with E-state index in [4.69, 9.17) is 11.6 Å². The van der Waals surface area contributed by atoms with Gasteiger partial charge in [0.15, 0.2) is 0 Å². The van der Waals surface area contributed by atoms with Crippen LogP contribution in [-0.2, 0) is 19.6 Å². The summed E-state index contributed by atoms with van der Waals surface area (Å²) in [5, 5.41) is 5.10. The van der Waals surface area contributed by atoms with Crippen molar-refractivity contribution < 1.29 is 0 Å². The maximum absolute atomic E-state index is 6.15. The lowest BCUT2D eigenvalue weighted by Gasteiger charge is -2.16. The van der Waals surface area contributed by atoms with Crippen LogP contribution < -0.4 is 0 Å². The third-order valence-corrected chi connectivity index (χ3v) is 3.23. The van der Waals surface area contributed by atoms with E-state index in [9.17, 15) is 0 Å². The zero-order chi connectivity index (χ0) is 13.0. The van der Waals surface area contributed by atoms with Gasteiger partial charge >= 0.3 is 0 Å². The summed E-state index contributed by atoms with van der Waals surface area (Å²) in [6.45, 7) is 4.72. The number of hydrogen-bond acceptors (Lipinski definition) is 2. The fourth-order valence-electron chi connectivity index (χ4n) is 1.95. The van der Waals surface area contributed by atoms with Crippen molar-refractivity contribution in [3.8, 4) is 0 Å². The maximum atomic E-state index is 6.15. The van der Waals surface area contributed by atoms with Gasteiger partial charge < -0.3 is 0 Å². The number of rotatable bonds is 5. The van der Waals surface area contributed by atoms with Crippen LogP contribution in [0.5, 0.6) is 0 Å². The topological polar surface area (TPSA) is 21.1 Å². The molecule has 0 aliphatic rings. The normalized spacial score (nSPS) is 11.1. The lowest BCUT2D eigenvalue weighted by molar-refractivity contribution is 0.319. The Morgan fingerprint density at radius 2 is 2.06 bits per heavy atom. The fourth-order valence-corrected chi connectivity index (χ4v) is 2.14. The van der Waals surface area contributed by atoms with Gasteiger partial charge in [-0.25, -0.2) is 0 Å². The van der Waals surface area contributed by atoms with Gasteiger partial charge in [0.25, 0.3) is 0 Å². The molecule has 0 saturated carbocycles. The molecular formula is C14H18ClN3. The Bertz CT molecular complexity index is 507. The maximum Gasteiger partial charge on any atom is 0.0534 e. The molecule has 0 unspecified atom stereocenters. The molecule has 0 radical (unpaired) electrons. The van der Waals surface area contributed by atoms with E-state index in [-0.39, 0.29) is 0 Å². The summed E-state index contributed by atoms with van der Waals surface area (Å²) >= 11 is 6.15. The summed E-state index contributed by atoms with van der Waals surface area (Å²) in [7, 11) is 2.09. The summed E-state index contributed by atoms with van der Waals surface area (Å²) in [5.74, 6) is 0. The van der Waals surface area contributed by atoms with Crippen molar-refractivity contribution in [2.75, 3.05) is 7.05 Å². The van der Waals surface area contributed by atoms with Gasteiger partial charge in [-0.15, -0.1) is 0 Å². The molecule has 96 valence electrons. The first kappa shape index (κ1) is 13.1. The first-order valence-corrected chi connectivity index (χ1v) is 6.50. The Balaban J connectivity index is 1.96. The molecule has 3 nitrogen and oxygen atoms in total. The highest BCUT2D eigenvalue weighted by molar-refractivity contribution is 6.31. The van der Waals surface area contributed by atoms with Crippen LogP contribution in [0.1, 0.15) is 18.1 Å². The van der Waals surface area contributed by atoms with E-state index in [2.05, 4.69) is 36.2 Å². The predicted octanol–water partition coefficient (Wildman–Crippen LogP) is 3.19. The van der Waals surface area contributed by atoms with Gasteiger partial charge in [-0.1, -0.05) is 29.8 Å². The van der Waals surface area contributed by atoms with E-state index in [1.807, 2.05) is 29.1 Å². The second-order valence-corrected chi connectivity index (χ2v) is 4.88. The van der Waals surface area contributed by atoms with Crippen LogP contribution in [0.3, 0.4) is 0 Å². The predicted molar refractivity (Wildman–Crippen MR) is 74.5 cm³/mol. The van der Waals surface area contributed by atoms with Gasteiger partial charge in [0.1, 0.15) is 0 Å². The van der Waals surface area contributed by atoms with Gasteiger partial charge in [-0.2, -0.15) is 5.10 Å². The molecule has 1 aromatic carbocycles. The third kappa shape index (κ3) is 3.34. The zero-order valence-electron chi connectivity index (χ0n) is 10.8. The second-order valence-electron chi connectivity index (χ2n) is 4.47. The minimum atomic E-state index is 0.827. The first-order chi connectivity index (χ1) is 8.69. The van der Waals surface area contributed by atoms with Crippen molar-refractivity contribution in [3.05, 3.63) is 52.8 Å². The molecule has 0 atom stereocenters. The van der Waals surface area contributed by atoms with Gasteiger partial charge in [-0.05, 0) is 25.6 Å². The van der Waals surface area contributed by atoms with Crippen molar-refractivity contribution in [2.45, 2.75) is 26.6 Å². The molecular weight excluding hydrogens is 246 g/mol. The lowest BCUT2D eigenvalue weighted by Crippen LogP contribution is -2.17. The largest absolute Gasteiger partial charge is 0.298 e. The molecule has 0 bridgehead atoms. The van der Waals surface area contributed by atoms with Crippen LogP contribution in [-0.4, -0.2) is 21.7 Å². The summed E-state index contributed by atoms with van der Waals surface area (Å²) < 4.78 is 1.94. The average Bonchev–Trinajstić information content (AvgIpc) is 2.80. The van der Waals surface area contributed by atoms with E-state index < -0.39 is 0 Å². The highest BCUT2D eigenvalue weighted by atomic mass is 35.5. The summed E-state index contributed by atoms with van der Waals surface area (Å²) in [5.41, 5.74) is 2.39. The van der Waals surface area contributed by atoms with Crippen molar-refractivity contribution in [1.29, 1.82) is 0 Å². The van der Waals surface area contributed by atoms with Crippen LogP contribution in [0.15, 0.2) is 36.7 Å². The standard InChI is InChI=1S/C14H18ClN3/c1-3-18-10-12(8-16-18)9-17(2)11-13-6-4-5-7-14(13)15/h4-8,10H,3,9,11H2,1-2H3. The molecule has 0 spiro atoms. The zero-order valence-corrected chi connectivity index (χ0v) is 11.6. The molecule has 18 heavy (non-hydrogen) atoms. The summed E-state index contributed by atoms with van der Waals surface area (Å²) in [6, 6.07) is 7.97. The molecule has 0 aliphatic carbocycles. The number of benzene rings is 1. The van der Waals surface area contributed by atoms with E-state index >= 15 is 0 Å². The molecule has 0 saturated heterocycles. The molecule has 1 aromatic heterocycles. The van der Waals surface area contributed by atoms with Crippen LogP contribution in [0.2, 0.25) is 5.02 Å². The summed E-state index contributed by atoms with van der Waals surface area (Å²) in [4.78, 5) is 2.23. The van der Waals surface area contributed by atoms with Crippen LogP contribution in [0, 0.1) is 0 Å². The molecule has 0 fully saturated rings. The molecule has 2 aromatic rings. The van der Waals surface area contributed by atoms with Crippen molar-refractivity contribution in [2.24, 2.45) is 0 Å². The van der Waals surface area contributed by atoms with Gasteiger partial charge in [0.2, 0.25) is 0 Å². The van der Waals surface area contributed by atoms with Crippen LogP contribution >= 0.6 is 11.6 Å². The van der Waals surface area contributed by atoms with Crippen LogP contribution in [0.25, 0.3) is 0 Å². The second kappa shape index (κ2) is 6.03. The quantitative estimate of drug-likeness (QED) is 0.826. The minimum Gasteiger partial charge on any atom is -0.298 e. The molecule has 2 rings (SSSR count). The smallest absolute Gasteiger partial charge is 0.0534 e. The number of halogens is 1. The van der Waals surface area contributed by atoms with Crippen molar-refractivity contribution in [3.63, 3.8) is 0 Å². The van der Waals surface area contributed by atoms with Gasteiger partial charge in [0.05, 0.1) is 6.20 Å². The van der Waals surface area contributed by atoms with E-state index in [1.54, 1.807) is 0 Å². The summed E-state index contributed by atoms with van der Waals surface area (Å²) in [6.07, 6.45) is 4.01. The molecule has 0 aliphatic heterocycles. The van der Waals surface area contributed by atoms with E-state index in [1.165, 1.54) is 5.56 Å². The first-order valence-electron chi connectivity index (χ1n) is 6.12. The van der Waals surface area contributed by atoms with Crippen molar-refractivity contribution in [1.82, 2.24) is 14.7 Å². The minimum absolute atomic E-state index is 0.827.